The molecule has 0 aliphatic carbocycles. The molecule has 130 valence electrons. The van der Waals surface area contributed by atoms with Crippen molar-refractivity contribution in [1.82, 2.24) is 19.7 Å². The molecule has 3 aromatic rings. The summed E-state index contributed by atoms with van der Waals surface area (Å²) >= 11 is 6.68. The fourth-order valence-corrected chi connectivity index (χ4v) is 5.10. The second-order valence-electron chi connectivity index (χ2n) is 5.29. The van der Waals surface area contributed by atoms with Gasteiger partial charge in [-0.15, -0.1) is 5.10 Å². The quantitative estimate of drug-likeness (QED) is 0.608. The molecular formula is C15H13Br2N5O2S. The lowest BCUT2D eigenvalue weighted by molar-refractivity contribution is 0.599. The maximum absolute atomic E-state index is 12.8. The third-order valence-electron chi connectivity index (χ3n) is 3.35. The van der Waals surface area contributed by atoms with Crippen molar-refractivity contribution < 1.29 is 8.42 Å². The molecule has 7 nitrogen and oxygen atoms in total. The van der Waals surface area contributed by atoms with Crippen LogP contribution in [0.15, 0.2) is 50.6 Å². The third kappa shape index (κ3) is 3.75. The van der Waals surface area contributed by atoms with E-state index in [0.717, 1.165) is 4.47 Å². The van der Waals surface area contributed by atoms with Crippen molar-refractivity contribution >= 4 is 47.7 Å². The molecule has 1 aromatic carbocycles. The van der Waals surface area contributed by atoms with Gasteiger partial charge in [0.15, 0.2) is 5.82 Å². The van der Waals surface area contributed by atoms with Crippen LogP contribution in [0.4, 0.5) is 5.82 Å². The second kappa shape index (κ2) is 6.85. The molecule has 2 heterocycles. The molecule has 1 N–H and O–H groups in total. The van der Waals surface area contributed by atoms with Crippen LogP contribution in [0.25, 0.3) is 5.95 Å². The number of hydrogen-bond donors (Lipinski definition) is 1. The van der Waals surface area contributed by atoms with Gasteiger partial charge in [0.05, 0.1) is 15.6 Å². The average Bonchev–Trinajstić information content (AvgIpc) is 2.87. The predicted molar refractivity (Wildman–Crippen MR) is 101 cm³/mol. The largest absolute Gasteiger partial charge is 0.263 e. The van der Waals surface area contributed by atoms with E-state index in [1.807, 2.05) is 0 Å². The smallest absolute Gasteiger partial charge is 0.261 e. The molecule has 0 aliphatic rings. The van der Waals surface area contributed by atoms with Crippen molar-refractivity contribution in [2.75, 3.05) is 4.72 Å². The van der Waals surface area contributed by atoms with Crippen molar-refractivity contribution in [2.45, 2.75) is 18.7 Å². The predicted octanol–water partition coefficient (Wildman–Crippen LogP) is 3.60. The van der Waals surface area contributed by atoms with E-state index in [-0.39, 0.29) is 10.7 Å². The van der Waals surface area contributed by atoms with Crippen molar-refractivity contribution in [1.29, 1.82) is 0 Å². The minimum Gasteiger partial charge on any atom is -0.261 e. The molecule has 0 radical (unpaired) electrons. The van der Waals surface area contributed by atoms with E-state index < -0.39 is 10.0 Å². The average molecular weight is 487 g/mol. The van der Waals surface area contributed by atoms with Crippen LogP contribution in [0.1, 0.15) is 11.1 Å². The van der Waals surface area contributed by atoms with E-state index in [9.17, 15) is 8.42 Å². The molecule has 0 saturated heterocycles. The van der Waals surface area contributed by atoms with Crippen LogP contribution in [0, 0.1) is 13.8 Å². The Hall–Kier alpha value is -1.78. The monoisotopic (exact) mass is 485 g/mol. The van der Waals surface area contributed by atoms with Gasteiger partial charge in [0.25, 0.3) is 16.0 Å². The van der Waals surface area contributed by atoms with E-state index in [1.54, 1.807) is 50.6 Å². The molecule has 0 bridgehead atoms. The first-order chi connectivity index (χ1) is 11.8. The fourth-order valence-electron chi connectivity index (χ4n) is 2.43. The third-order valence-corrected chi connectivity index (χ3v) is 6.03. The molecule has 0 aliphatic heterocycles. The summed E-state index contributed by atoms with van der Waals surface area (Å²) in [6, 6.07) is 5.20. The van der Waals surface area contributed by atoms with Crippen molar-refractivity contribution in [3.05, 3.63) is 56.9 Å². The fraction of sp³-hybridized carbons (Fsp3) is 0.133. The second-order valence-corrected chi connectivity index (χ2v) is 8.68. The maximum Gasteiger partial charge on any atom is 0.263 e. The summed E-state index contributed by atoms with van der Waals surface area (Å²) < 4.78 is 30.9. The van der Waals surface area contributed by atoms with Crippen LogP contribution in [0.2, 0.25) is 0 Å². The van der Waals surface area contributed by atoms with E-state index in [0.29, 0.717) is 21.5 Å². The number of rotatable bonds is 4. The summed E-state index contributed by atoms with van der Waals surface area (Å²) in [4.78, 5) is 8.39. The first kappa shape index (κ1) is 18.0. The molecule has 0 saturated carbocycles. The Morgan fingerprint density at radius 2 is 1.68 bits per heavy atom. The zero-order valence-corrected chi connectivity index (χ0v) is 17.2. The van der Waals surface area contributed by atoms with Gasteiger partial charge in [-0.25, -0.2) is 23.1 Å². The van der Waals surface area contributed by atoms with Crippen LogP contribution in [-0.2, 0) is 10.0 Å². The van der Waals surface area contributed by atoms with Crippen LogP contribution in [-0.4, -0.2) is 28.2 Å². The molecule has 10 heteroatoms. The van der Waals surface area contributed by atoms with Gasteiger partial charge < -0.3 is 0 Å². The Bertz CT molecular complexity index is 1010. The Kier molecular flexibility index (Phi) is 4.94. The summed E-state index contributed by atoms with van der Waals surface area (Å²) in [6.07, 6.45) is 4.75. The Morgan fingerprint density at radius 3 is 2.28 bits per heavy atom. The number of anilines is 1. The highest BCUT2D eigenvalue weighted by atomic mass is 79.9. The van der Waals surface area contributed by atoms with Crippen LogP contribution >= 0.6 is 31.9 Å². The minimum absolute atomic E-state index is 0.161. The highest BCUT2D eigenvalue weighted by molar-refractivity contribution is 9.10. The summed E-state index contributed by atoms with van der Waals surface area (Å²) in [5.41, 5.74) is 1.28. The van der Waals surface area contributed by atoms with Crippen molar-refractivity contribution in [3.8, 4) is 5.95 Å². The molecule has 0 fully saturated rings. The number of nitrogens with one attached hydrogen (secondary N) is 1. The highest BCUT2D eigenvalue weighted by Gasteiger charge is 2.23. The van der Waals surface area contributed by atoms with E-state index >= 15 is 0 Å². The van der Waals surface area contributed by atoms with Crippen molar-refractivity contribution in [3.63, 3.8) is 0 Å². The normalized spacial score (nSPS) is 11.5. The molecule has 0 amide bonds. The van der Waals surface area contributed by atoms with Crippen LogP contribution in [0.3, 0.4) is 0 Å². The molecule has 3 rings (SSSR count). The zero-order chi connectivity index (χ0) is 18.2. The molecule has 0 spiro atoms. The zero-order valence-electron chi connectivity index (χ0n) is 13.2. The lowest BCUT2D eigenvalue weighted by Gasteiger charge is -2.12. The minimum atomic E-state index is -3.80. The van der Waals surface area contributed by atoms with Gasteiger partial charge in [0.1, 0.15) is 0 Å². The Morgan fingerprint density at radius 1 is 1.08 bits per heavy atom. The first-order valence-corrected chi connectivity index (χ1v) is 10.2. The lowest BCUT2D eigenvalue weighted by atomic mass is 10.2. The van der Waals surface area contributed by atoms with Crippen LogP contribution < -0.4 is 4.72 Å². The van der Waals surface area contributed by atoms with Gasteiger partial charge in [-0.1, -0.05) is 15.9 Å². The highest BCUT2D eigenvalue weighted by Crippen LogP contribution is 2.29. The summed E-state index contributed by atoms with van der Waals surface area (Å²) in [5.74, 6) is 0.499. The molecule has 2 aromatic heterocycles. The Labute approximate surface area is 161 Å². The topological polar surface area (TPSA) is 89.8 Å². The van der Waals surface area contributed by atoms with E-state index in [1.165, 1.54) is 4.68 Å². The van der Waals surface area contributed by atoms with Gasteiger partial charge in [-0.05, 0) is 59.1 Å². The van der Waals surface area contributed by atoms with Crippen molar-refractivity contribution in [2.24, 2.45) is 0 Å². The summed E-state index contributed by atoms with van der Waals surface area (Å²) in [6.45, 7) is 3.50. The summed E-state index contributed by atoms with van der Waals surface area (Å²) in [7, 11) is -3.80. The van der Waals surface area contributed by atoms with Gasteiger partial charge in [-0.3, -0.25) is 4.72 Å². The van der Waals surface area contributed by atoms with E-state index in [4.69, 9.17) is 0 Å². The maximum atomic E-state index is 12.8. The van der Waals surface area contributed by atoms with Gasteiger partial charge in [0, 0.05) is 16.9 Å². The van der Waals surface area contributed by atoms with Gasteiger partial charge in [-0.2, -0.15) is 0 Å². The SMILES string of the molecule is Cc1cc(Br)cc(C)c1S(=O)(=O)Nc1nn(-c2ncccn2)cc1Br. The number of aromatic nitrogens is 4. The van der Waals surface area contributed by atoms with Crippen LogP contribution in [0.5, 0.6) is 0 Å². The summed E-state index contributed by atoms with van der Waals surface area (Å²) in [5, 5.41) is 4.21. The number of benzene rings is 1. The van der Waals surface area contributed by atoms with Gasteiger partial charge >= 0.3 is 0 Å². The molecule has 0 unspecified atom stereocenters. The number of sulfonamides is 1. The van der Waals surface area contributed by atoms with E-state index in [2.05, 4.69) is 51.6 Å². The number of aryl methyl sites for hydroxylation is 2. The standard InChI is InChI=1S/C15H13Br2N5O2S/c1-9-6-11(16)7-10(2)13(9)25(23,24)21-14-12(17)8-22(20-14)15-18-4-3-5-19-15/h3-8H,1-2H3,(H,20,21). The lowest BCUT2D eigenvalue weighted by Crippen LogP contribution is -2.16. The van der Waals surface area contributed by atoms with Gasteiger partial charge in [0.2, 0.25) is 0 Å². The number of nitrogens with zero attached hydrogens (tertiary/aromatic N) is 4. The molecule has 0 atom stereocenters. The number of hydrogen-bond acceptors (Lipinski definition) is 5. The first-order valence-electron chi connectivity index (χ1n) is 7.10. The molecular weight excluding hydrogens is 474 g/mol. The Balaban J connectivity index is 1.99. The number of halogens is 2. The molecule has 25 heavy (non-hydrogen) atoms.